The van der Waals surface area contributed by atoms with Crippen LogP contribution >= 0.6 is 0 Å². The van der Waals surface area contributed by atoms with Crippen molar-refractivity contribution in [2.24, 2.45) is 5.92 Å². The van der Waals surface area contributed by atoms with Gasteiger partial charge in [-0.05, 0) is 89.0 Å². The van der Waals surface area contributed by atoms with Crippen molar-refractivity contribution in [1.29, 1.82) is 0 Å². The van der Waals surface area contributed by atoms with Crippen molar-refractivity contribution in [3.8, 4) is 0 Å². The van der Waals surface area contributed by atoms with Crippen LogP contribution in [0.25, 0.3) is 0 Å². The molecule has 1 aromatic rings. The predicted molar refractivity (Wildman–Crippen MR) is 82.5 cm³/mol. The smallest absolute Gasteiger partial charge is 0.123 e. The molecule has 0 aromatic heterocycles. The lowest BCUT2D eigenvalue weighted by Crippen LogP contribution is -2.41. The van der Waals surface area contributed by atoms with Crippen molar-refractivity contribution in [1.82, 2.24) is 10.2 Å². The third-order valence-corrected chi connectivity index (χ3v) is 4.64. The van der Waals surface area contributed by atoms with E-state index < -0.39 is 0 Å². The lowest BCUT2D eigenvalue weighted by atomic mass is 9.90. The second-order valence-corrected chi connectivity index (χ2v) is 6.20. The van der Waals surface area contributed by atoms with Crippen LogP contribution in [0.5, 0.6) is 0 Å². The topological polar surface area (TPSA) is 15.3 Å². The Kier molecular flexibility index (Phi) is 5.55. The zero-order valence-corrected chi connectivity index (χ0v) is 13.0. The van der Waals surface area contributed by atoms with Gasteiger partial charge in [0.05, 0.1) is 0 Å². The van der Waals surface area contributed by atoms with E-state index in [2.05, 4.69) is 24.2 Å². The molecule has 3 heteroatoms. The van der Waals surface area contributed by atoms with Gasteiger partial charge in [-0.2, -0.15) is 0 Å². The van der Waals surface area contributed by atoms with Crippen LogP contribution in [0.3, 0.4) is 0 Å². The van der Waals surface area contributed by atoms with Crippen molar-refractivity contribution in [3.05, 3.63) is 35.1 Å². The highest BCUT2D eigenvalue weighted by atomic mass is 19.1. The second kappa shape index (κ2) is 7.19. The van der Waals surface area contributed by atoms with Crippen LogP contribution < -0.4 is 5.32 Å². The number of piperidine rings is 1. The molecular weight excluding hydrogens is 251 g/mol. The molecule has 1 saturated heterocycles. The molecule has 0 aliphatic carbocycles. The van der Waals surface area contributed by atoms with Crippen LogP contribution in [0.4, 0.5) is 4.39 Å². The third kappa shape index (κ3) is 4.29. The van der Waals surface area contributed by atoms with E-state index in [1.807, 2.05) is 13.0 Å². The van der Waals surface area contributed by atoms with Crippen LogP contribution in [0, 0.1) is 18.7 Å². The Balaban J connectivity index is 1.75. The minimum atomic E-state index is -0.140. The van der Waals surface area contributed by atoms with Crippen LogP contribution in [0.15, 0.2) is 18.2 Å². The van der Waals surface area contributed by atoms with E-state index in [0.29, 0.717) is 6.04 Å². The van der Waals surface area contributed by atoms with Crippen LogP contribution in [-0.4, -0.2) is 37.6 Å². The predicted octanol–water partition coefficient (Wildman–Crippen LogP) is 3.00. The number of halogens is 1. The molecule has 1 fully saturated rings. The standard InChI is InChI=1S/C17H27FN2/c1-13-12-17(18)5-4-15(13)6-9-19-14(2)16-7-10-20(3)11-8-16/h4-5,12,14,16,19H,6-11H2,1-3H3. The maximum Gasteiger partial charge on any atom is 0.123 e. The molecule has 0 spiro atoms. The number of rotatable bonds is 5. The molecule has 2 nitrogen and oxygen atoms in total. The summed E-state index contributed by atoms with van der Waals surface area (Å²) in [4.78, 5) is 2.41. The Hall–Kier alpha value is -0.930. The van der Waals surface area contributed by atoms with Crippen LogP contribution in [-0.2, 0) is 6.42 Å². The molecule has 0 amide bonds. The fraction of sp³-hybridized carbons (Fsp3) is 0.647. The van der Waals surface area contributed by atoms with Gasteiger partial charge in [0, 0.05) is 6.04 Å². The first-order valence-electron chi connectivity index (χ1n) is 7.73. The summed E-state index contributed by atoms with van der Waals surface area (Å²) in [5.41, 5.74) is 2.30. The van der Waals surface area contributed by atoms with Crippen molar-refractivity contribution in [3.63, 3.8) is 0 Å². The number of benzene rings is 1. The lowest BCUT2D eigenvalue weighted by molar-refractivity contribution is 0.190. The van der Waals surface area contributed by atoms with Gasteiger partial charge in [-0.15, -0.1) is 0 Å². The van der Waals surface area contributed by atoms with Crippen molar-refractivity contribution < 1.29 is 4.39 Å². The molecule has 0 bridgehead atoms. The van der Waals surface area contributed by atoms with Gasteiger partial charge in [-0.25, -0.2) is 4.39 Å². The Bertz CT molecular complexity index is 425. The van der Waals surface area contributed by atoms with Crippen LogP contribution in [0.1, 0.15) is 30.9 Å². The van der Waals surface area contributed by atoms with Crippen molar-refractivity contribution in [2.45, 2.75) is 39.2 Å². The van der Waals surface area contributed by atoms with E-state index in [1.54, 1.807) is 12.1 Å². The first-order chi connectivity index (χ1) is 9.56. The molecule has 112 valence electrons. The van der Waals surface area contributed by atoms with E-state index in [4.69, 9.17) is 0 Å². The summed E-state index contributed by atoms with van der Waals surface area (Å²) >= 11 is 0. The fourth-order valence-corrected chi connectivity index (χ4v) is 3.07. The van der Waals surface area contributed by atoms with E-state index in [0.717, 1.165) is 24.4 Å². The third-order valence-electron chi connectivity index (χ3n) is 4.64. The minimum Gasteiger partial charge on any atom is -0.314 e. The first-order valence-corrected chi connectivity index (χ1v) is 7.73. The molecule has 1 N–H and O–H groups in total. The molecule has 1 atom stereocenters. The number of hydrogen-bond acceptors (Lipinski definition) is 2. The van der Waals surface area contributed by atoms with Crippen LogP contribution in [0.2, 0.25) is 0 Å². The Morgan fingerprint density at radius 3 is 2.70 bits per heavy atom. The second-order valence-electron chi connectivity index (χ2n) is 6.20. The maximum atomic E-state index is 13.1. The summed E-state index contributed by atoms with van der Waals surface area (Å²) in [5, 5.41) is 3.65. The Morgan fingerprint density at radius 1 is 1.35 bits per heavy atom. The molecule has 0 radical (unpaired) electrons. The molecule has 0 saturated carbocycles. The van der Waals surface area contributed by atoms with Gasteiger partial charge >= 0.3 is 0 Å². The summed E-state index contributed by atoms with van der Waals surface area (Å²) in [7, 11) is 2.20. The first kappa shape index (κ1) is 15.5. The monoisotopic (exact) mass is 278 g/mol. The zero-order valence-electron chi connectivity index (χ0n) is 13.0. The maximum absolute atomic E-state index is 13.1. The number of nitrogens with one attached hydrogen (secondary N) is 1. The van der Waals surface area contributed by atoms with E-state index in [1.165, 1.54) is 31.5 Å². The molecule has 1 aromatic carbocycles. The highest BCUT2D eigenvalue weighted by molar-refractivity contribution is 5.26. The Labute approximate surface area is 122 Å². The highest BCUT2D eigenvalue weighted by Gasteiger charge is 2.21. The SMILES string of the molecule is Cc1cc(F)ccc1CCNC(C)C1CCN(C)CC1. The van der Waals surface area contributed by atoms with Crippen molar-refractivity contribution in [2.75, 3.05) is 26.7 Å². The summed E-state index contributed by atoms with van der Waals surface area (Å²) < 4.78 is 13.1. The Morgan fingerprint density at radius 2 is 2.05 bits per heavy atom. The molecule has 1 heterocycles. The molecule has 2 rings (SSSR count). The van der Waals surface area contributed by atoms with Gasteiger partial charge < -0.3 is 10.2 Å². The highest BCUT2D eigenvalue weighted by Crippen LogP contribution is 2.19. The van der Waals surface area contributed by atoms with Crippen molar-refractivity contribution >= 4 is 0 Å². The molecular formula is C17H27FN2. The number of aryl methyl sites for hydroxylation is 1. The van der Waals surface area contributed by atoms with E-state index >= 15 is 0 Å². The summed E-state index contributed by atoms with van der Waals surface area (Å²) in [6.45, 7) is 7.69. The molecule has 1 aliphatic heterocycles. The molecule has 20 heavy (non-hydrogen) atoms. The van der Waals surface area contributed by atoms with Gasteiger partial charge in [0.2, 0.25) is 0 Å². The summed E-state index contributed by atoms with van der Waals surface area (Å²) in [6.07, 6.45) is 3.56. The molecule has 1 aliphatic rings. The van der Waals surface area contributed by atoms with Gasteiger partial charge in [-0.1, -0.05) is 6.07 Å². The zero-order chi connectivity index (χ0) is 14.5. The molecule has 1 unspecified atom stereocenters. The normalized spacial score (nSPS) is 19.2. The lowest BCUT2D eigenvalue weighted by Gasteiger charge is -2.33. The number of likely N-dealkylation sites (tertiary alicyclic amines) is 1. The fourth-order valence-electron chi connectivity index (χ4n) is 3.07. The van der Waals surface area contributed by atoms with Gasteiger partial charge in [0.1, 0.15) is 5.82 Å². The van der Waals surface area contributed by atoms with Gasteiger partial charge in [0.15, 0.2) is 0 Å². The average molecular weight is 278 g/mol. The largest absolute Gasteiger partial charge is 0.314 e. The number of nitrogens with zero attached hydrogens (tertiary/aromatic N) is 1. The quantitative estimate of drug-likeness (QED) is 0.891. The summed E-state index contributed by atoms with van der Waals surface area (Å²) in [5.74, 6) is 0.652. The van der Waals surface area contributed by atoms with Gasteiger partial charge in [-0.3, -0.25) is 0 Å². The number of hydrogen-bond donors (Lipinski definition) is 1. The van der Waals surface area contributed by atoms with E-state index in [-0.39, 0.29) is 5.82 Å². The van der Waals surface area contributed by atoms with E-state index in [9.17, 15) is 4.39 Å². The average Bonchev–Trinajstić information content (AvgIpc) is 2.42. The minimum absolute atomic E-state index is 0.140. The van der Waals surface area contributed by atoms with Gasteiger partial charge in [0.25, 0.3) is 0 Å². The summed E-state index contributed by atoms with van der Waals surface area (Å²) in [6, 6.07) is 5.66.